The zero-order valence-corrected chi connectivity index (χ0v) is 36.4. The Morgan fingerprint density at radius 3 is 1.98 bits per heavy atom. The van der Waals surface area contributed by atoms with Crippen molar-refractivity contribution in [3.05, 3.63) is 70.5 Å². The molecule has 14 nitrogen and oxygen atoms in total. The molecule has 0 saturated carbocycles. The average Bonchev–Trinajstić information content (AvgIpc) is 4.06. The summed E-state index contributed by atoms with van der Waals surface area (Å²) in [6.07, 6.45) is 12.8. The standard InChI is InChI=1S/C23H29N5O2.C22H27ClN6O/c1-15-13-24-20-17(15)11-16(14-25-20)18-12-19-23(7-10-28(19)26-18)5-8-27(9-6-23)21(29)30-22(2,3)4;1-3-24-21(30)28-9-6-22(7-10-28)5-4-8-29-18(22)12-17(27-29)15-11-16-19(23)14(2)26-20(16)25-13-15/h11-14H,5-10H2,1-4H3,(H,24,25);11-13H,3-10H2,1-2H3,(H,24,30)(H,25,26). The Bertz CT molecular complexity index is 2580. The third-order valence-corrected chi connectivity index (χ3v) is 13.8. The smallest absolute Gasteiger partial charge is 0.410 e. The monoisotopic (exact) mass is 833 g/mol. The van der Waals surface area contributed by atoms with Gasteiger partial charge in [-0.15, -0.1) is 0 Å². The molecule has 4 aliphatic rings. The first-order valence-corrected chi connectivity index (χ1v) is 21.9. The highest BCUT2D eigenvalue weighted by atomic mass is 35.5. The van der Waals surface area contributed by atoms with Gasteiger partial charge >= 0.3 is 12.1 Å². The van der Waals surface area contributed by atoms with Crippen LogP contribution in [0.15, 0.2) is 42.9 Å². The summed E-state index contributed by atoms with van der Waals surface area (Å²) in [5.74, 6) is 0. The number of nitrogens with one attached hydrogen (secondary N) is 3. The number of aryl methyl sites for hydroxylation is 4. The molecule has 10 heterocycles. The van der Waals surface area contributed by atoms with Gasteiger partial charge in [-0.2, -0.15) is 10.2 Å². The molecule has 0 bridgehead atoms. The number of nitrogens with zero attached hydrogens (tertiary/aromatic N) is 8. The highest BCUT2D eigenvalue weighted by Gasteiger charge is 2.45. The second-order valence-electron chi connectivity index (χ2n) is 18.3. The normalized spacial score (nSPS) is 18.1. The minimum absolute atomic E-state index is 0.0513. The number of amides is 3. The maximum absolute atomic E-state index is 12.4. The Labute approximate surface area is 355 Å². The van der Waals surface area contributed by atoms with Gasteiger partial charge < -0.3 is 29.8 Å². The van der Waals surface area contributed by atoms with E-state index in [0.717, 1.165) is 140 Å². The fourth-order valence-electron chi connectivity index (χ4n) is 9.89. The fourth-order valence-corrected chi connectivity index (χ4v) is 10.1. The highest BCUT2D eigenvalue weighted by molar-refractivity contribution is 6.36. The second kappa shape index (κ2) is 15.3. The van der Waals surface area contributed by atoms with Crippen LogP contribution in [0.5, 0.6) is 0 Å². The molecule has 3 amide bonds. The predicted octanol–water partition coefficient (Wildman–Crippen LogP) is 8.65. The van der Waals surface area contributed by atoms with E-state index >= 15 is 0 Å². The van der Waals surface area contributed by atoms with Crippen LogP contribution in [0.1, 0.15) is 95.3 Å². The summed E-state index contributed by atoms with van der Waals surface area (Å²) in [5.41, 5.74) is 10.1. The molecule has 0 atom stereocenters. The van der Waals surface area contributed by atoms with Crippen molar-refractivity contribution in [2.75, 3.05) is 32.7 Å². The van der Waals surface area contributed by atoms with Gasteiger partial charge in [0.25, 0.3) is 0 Å². The summed E-state index contributed by atoms with van der Waals surface area (Å²) in [6, 6.07) is 8.77. The number of hydrogen-bond donors (Lipinski definition) is 3. The van der Waals surface area contributed by atoms with E-state index in [-0.39, 0.29) is 23.0 Å². The van der Waals surface area contributed by atoms with Crippen LogP contribution >= 0.6 is 11.6 Å². The van der Waals surface area contributed by atoms with Gasteiger partial charge in [0.05, 0.1) is 16.4 Å². The third-order valence-electron chi connectivity index (χ3n) is 13.3. The lowest BCUT2D eigenvalue weighted by atomic mass is 9.70. The van der Waals surface area contributed by atoms with E-state index in [4.69, 9.17) is 26.5 Å². The Kier molecular flexibility index (Phi) is 10.2. The number of halogens is 1. The quantitative estimate of drug-likeness (QED) is 0.161. The van der Waals surface area contributed by atoms with E-state index in [1.165, 1.54) is 17.0 Å². The van der Waals surface area contributed by atoms with Crippen molar-refractivity contribution >= 4 is 45.8 Å². The van der Waals surface area contributed by atoms with Gasteiger partial charge in [-0.25, -0.2) is 19.6 Å². The van der Waals surface area contributed by atoms with Crippen molar-refractivity contribution in [3.63, 3.8) is 0 Å². The Morgan fingerprint density at radius 2 is 1.35 bits per heavy atom. The lowest BCUT2D eigenvalue weighted by Gasteiger charge is -2.44. The van der Waals surface area contributed by atoms with E-state index in [9.17, 15) is 9.59 Å². The minimum atomic E-state index is -0.458. The summed E-state index contributed by atoms with van der Waals surface area (Å²) in [6.45, 7) is 17.3. The maximum atomic E-state index is 12.4. The number of piperidine rings is 2. The van der Waals surface area contributed by atoms with Gasteiger partial charge in [0.15, 0.2) is 0 Å². The number of carbonyl (C=O) groups is 2. The number of pyridine rings is 2. The molecule has 6 aromatic heterocycles. The summed E-state index contributed by atoms with van der Waals surface area (Å²) in [4.78, 5) is 44.0. The van der Waals surface area contributed by atoms with E-state index in [1.54, 1.807) is 0 Å². The van der Waals surface area contributed by atoms with Crippen molar-refractivity contribution in [2.45, 2.75) is 116 Å². The summed E-state index contributed by atoms with van der Waals surface area (Å²) in [7, 11) is 0. The molecule has 2 spiro atoms. The van der Waals surface area contributed by atoms with Gasteiger partial charge in [0.1, 0.15) is 16.9 Å². The van der Waals surface area contributed by atoms with Crippen LogP contribution in [0.2, 0.25) is 5.02 Å². The predicted molar refractivity (Wildman–Crippen MR) is 233 cm³/mol. The van der Waals surface area contributed by atoms with Crippen LogP contribution < -0.4 is 5.32 Å². The number of likely N-dealkylation sites (tertiary alicyclic amines) is 2. The van der Waals surface area contributed by atoms with Crippen LogP contribution in [0.3, 0.4) is 0 Å². The zero-order valence-electron chi connectivity index (χ0n) is 35.6. The number of urea groups is 1. The lowest BCUT2D eigenvalue weighted by Crippen LogP contribution is -2.50. The first-order valence-electron chi connectivity index (χ1n) is 21.5. The number of rotatable bonds is 3. The molecule has 0 aliphatic carbocycles. The van der Waals surface area contributed by atoms with Crippen LogP contribution in [-0.2, 0) is 28.7 Å². The topological polar surface area (TPSA) is 155 Å². The molecule has 60 heavy (non-hydrogen) atoms. The second-order valence-corrected chi connectivity index (χ2v) is 18.6. The largest absolute Gasteiger partial charge is 0.444 e. The molecule has 3 N–H and O–H groups in total. The number of ether oxygens (including phenoxy) is 1. The molecule has 2 saturated heterocycles. The maximum Gasteiger partial charge on any atom is 0.410 e. The zero-order chi connectivity index (χ0) is 42.0. The van der Waals surface area contributed by atoms with Crippen molar-refractivity contribution in [1.82, 2.24) is 54.6 Å². The van der Waals surface area contributed by atoms with E-state index < -0.39 is 5.60 Å². The van der Waals surface area contributed by atoms with Crippen molar-refractivity contribution in [3.8, 4) is 22.5 Å². The van der Waals surface area contributed by atoms with Crippen LogP contribution in [0.25, 0.3) is 44.6 Å². The van der Waals surface area contributed by atoms with Crippen LogP contribution in [-0.4, -0.2) is 99.7 Å². The summed E-state index contributed by atoms with van der Waals surface area (Å²) in [5, 5.41) is 15.5. The van der Waals surface area contributed by atoms with Gasteiger partial charge in [-0.3, -0.25) is 9.36 Å². The number of aromatic amines is 2. The molecule has 0 radical (unpaired) electrons. The number of hydrogen-bond acceptors (Lipinski definition) is 7. The highest BCUT2D eigenvalue weighted by Crippen LogP contribution is 2.46. The number of fused-ring (bicyclic) bond motifs is 6. The molecule has 316 valence electrons. The number of H-pyrrole nitrogens is 2. The van der Waals surface area contributed by atoms with Crippen molar-refractivity contribution in [1.29, 1.82) is 0 Å². The third kappa shape index (κ3) is 7.30. The summed E-state index contributed by atoms with van der Waals surface area (Å²) >= 11 is 6.45. The van der Waals surface area contributed by atoms with E-state index in [1.807, 2.05) is 63.0 Å². The first kappa shape index (κ1) is 40.1. The molecule has 4 aliphatic heterocycles. The lowest BCUT2D eigenvalue weighted by molar-refractivity contribution is 0.0164. The molecular weight excluding hydrogens is 778 g/mol. The first-order chi connectivity index (χ1) is 28.7. The summed E-state index contributed by atoms with van der Waals surface area (Å²) < 4.78 is 9.89. The SMILES string of the molecule is CCNC(=O)N1CCC2(CCCn3nc(-c4cnc5[nH]c(C)c(Cl)c5c4)cc32)CC1.Cc1c[nH]c2ncc(-c3cc4n(n3)CCC43CCN(C(=O)OC(C)(C)C)CC3)cc12. The van der Waals surface area contributed by atoms with Crippen LogP contribution in [0.4, 0.5) is 9.59 Å². The minimum Gasteiger partial charge on any atom is -0.444 e. The Hall–Kier alpha value is -5.37. The van der Waals surface area contributed by atoms with Gasteiger partial charge in [-0.05, 0) is 116 Å². The van der Waals surface area contributed by atoms with Gasteiger partial charge in [-0.1, -0.05) is 11.6 Å². The van der Waals surface area contributed by atoms with Crippen molar-refractivity contribution in [2.24, 2.45) is 0 Å². The molecular formula is C45H56ClN11O3. The molecule has 0 unspecified atom stereocenters. The average molecular weight is 834 g/mol. The van der Waals surface area contributed by atoms with E-state index in [0.29, 0.717) is 6.54 Å². The van der Waals surface area contributed by atoms with E-state index in [2.05, 4.69) is 65.8 Å². The van der Waals surface area contributed by atoms with Crippen molar-refractivity contribution < 1.29 is 14.3 Å². The van der Waals surface area contributed by atoms with Gasteiger partial charge in [0.2, 0.25) is 0 Å². The van der Waals surface area contributed by atoms with Gasteiger partial charge in [0, 0.05) is 114 Å². The molecule has 6 aromatic rings. The Balaban J connectivity index is 0.000000154. The molecule has 10 rings (SSSR count). The Morgan fingerprint density at radius 1 is 0.783 bits per heavy atom. The number of carbonyl (C=O) groups excluding carboxylic acids is 2. The molecule has 15 heteroatoms. The molecule has 0 aromatic carbocycles. The fraction of sp³-hybridized carbons (Fsp3) is 0.511. The molecule has 2 fully saturated rings. The number of aromatic nitrogens is 8. The van der Waals surface area contributed by atoms with Crippen LogP contribution in [0, 0.1) is 13.8 Å².